The minimum atomic E-state index is 0.148. The molecule has 0 aromatic carbocycles. The molecule has 0 aromatic rings. The van der Waals surface area contributed by atoms with Gasteiger partial charge in [-0.2, -0.15) is 0 Å². The van der Waals surface area contributed by atoms with E-state index in [-0.39, 0.29) is 5.92 Å². The van der Waals surface area contributed by atoms with Crippen LogP contribution in [0.1, 0.15) is 52.9 Å². The SMILES string of the molecule is CCC(C)C(=O)N(CC)C1CCCCC1CN. The maximum Gasteiger partial charge on any atom is 0.225 e. The summed E-state index contributed by atoms with van der Waals surface area (Å²) in [5.74, 6) is 0.979. The van der Waals surface area contributed by atoms with Crippen LogP contribution >= 0.6 is 0 Å². The van der Waals surface area contributed by atoms with Gasteiger partial charge in [0.25, 0.3) is 0 Å². The first-order chi connectivity index (χ1) is 8.15. The smallest absolute Gasteiger partial charge is 0.225 e. The van der Waals surface area contributed by atoms with Crippen molar-refractivity contribution in [2.75, 3.05) is 13.1 Å². The molecule has 2 N–H and O–H groups in total. The Balaban J connectivity index is 2.73. The van der Waals surface area contributed by atoms with E-state index < -0.39 is 0 Å². The fourth-order valence-electron chi connectivity index (χ4n) is 2.88. The van der Waals surface area contributed by atoms with Gasteiger partial charge in [-0.1, -0.05) is 26.7 Å². The van der Waals surface area contributed by atoms with E-state index in [0.717, 1.165) is 25.9 Å². The molecule has 1 amide bonds. The summed E-state index contributed by atoms with van der Waals surface area (Å²) >= 11 is 0. The van der Waals surface area contributed by atoms with Gasteiger partial charge in [-0.05, 0) is 38.6 Å². The minimum absolute atomic E-state index is 0.148. The predicted octanol–water partition coefficient (Wildman–Crippen LogP) is 2.40. The molecule has 1 aliphatic rings. The topological polar surface area (TPSA) is 46.3 Å². The summed E-state index contributed by atoms with van der Waals surface area (Å²) < 4.78 is 0. The van der Waals surface area contributed by atoms with Gasteiger partial charge >= 0.3 is 0 Å². The summed E-state index contributed by atoms with van der Waals surface area (Å²) in [7, 11) is 0. The second-order valence-corrected chi connectivity index (χ2v) is 5.28. The first-order valence-electron chi connectivity index (χ1n) is 7.16. The van der Waals surface area contributed by atoms with Crippen LogP contribution in [0.3, 0.4) is 0 Å². The third-order valence-electron chi connectivity index (χ3n) is 4.23. The van der Waals surface area contributed by atoms with Gasteiger partial charge in [0, 0.05) is 18.5 Å². The molecule has 0 aliphatic heterocycles. The van der Waals surface area contributed by atoms with Crippen molar-refractivity contribution in [1.82, 2.24) is 4.90 Å². The van der Waals surface area contributed by atoms with Crippen molar-refractivity contribution in [3.05, 3.63) is 0 Å². The van der Waals surface area contributed by atoms with Crippen molar-refractivity contribution in [3.63, 3.8) is 0 Å². The summed E-state index contributed by atoms with van der Waals surface area (Å²) in [5.41, 5.74) is 5.86. The predicted molar refractivity (Wildman–Crippen MR) is 71.6 cm³/mol. The molecule has 1 rings (SSSR count). The van der Waals surface area contributed by atoms with Crippen LogP contribution in [0.2, 0.25) is 0 Å². The highest BCUT2D eigenvalue weighted by Crippen LogP contribution is 2.29. The molecule has 1 aliphatic carbocycles. The standard InChI is InChI=1S/C14H28N2O/c1-4-11(3)14(17)16(5-2)13-9-7-6-8-12(13)10-15/h11-13H,4-10,15H2,1-3H3. The summed E-state index contributed by atoms with van der Waals surface area (Å²) in [6, 6.07) is 0.389. The fraction of sp³-hybridized carbons (Fsp3) is 0.929. The van der Waals surface area contributed by atoms with Crippen LogP contribution < -0.4 is 5.73 Å². The molecule has 3 unspecified atom stereocenters. The molecule has 3 atom stereocenters. The molecule has 3 heteroatoms. The van der Waals surface area contributed by atoms with Crippen molar-refractivity contribution in [2.45, 2.75) is 58.9 Å². The molecule has 1 saturated carbocycles. The molecule has 17 heavy (non-hydrogen) atoms. The zero-order valence-electron chi connectivity index (χ0n) is 11.6. The minimum Gasteiger partial charge on any atom is -0.339 e. The first kappa shape index (κ1) is 14.5. The van der Waals surface area contributed by atoms with Crippen molar-refractivity contribution in [1.29, 1.82) is 0 Å². The van der Waals surface area contributed by atoms with Crippen molar-refractivity contribution in [3.8, 4) is 0 Å². The normalized spacial score (nSPS) is 26.6. The van der Waals surface area contributed by atoms with Crippen molar-refractivity contribution in [2.24, 2.45) is 17.6 Å². The van der Waals surface area contributed by atoms with Gasteiger partial charge in [0.15, 0.2) is 0 Å². The lowest BCUT2D eigenvalue weighted by molar-refractivity contribution is -0.139. The van der Waals surface area contributed by atoms with Crippen LogP contribution in [-0.4, -0.2) is 29.9 Å². The highest BCUT2D eigenvalue weighted by Gasteiger charge is 2.32. The van der Waals surface area contributed by atoms with E-state index >= 15 is 0 Å². The van der Waals surface area contributed by atoms with Crippen LogP contribution in [-0.2, 0) is 4.79 Å². The van der Waals surface area contributed by atoms with Gasteiger partial charge in [0.2, 0.25) is 5.91 Å². The monoisotopic (exact) mass is 240 g/mol. The lowest BCUT2D eigenvalue weighted by Crippen LogP contribution is -2.49. The van der Waals surface area contributed by atoms with Crippen LogP contribution in [0.15, 0.2) is 0 Å². The highest BCUT2D eigenvalue weighted by atomic mass is 16.2. The van der Waals surface area contributed by atoms with Crippen LogP contribution in [0.5, 0.6) is 0 Å². The third-order valence-corrected chi connectivity index (χ3v) is 4.23. The number of hydrogen-bond donors (Lipinski definition) is 1. The Morgan fingerprint density at radius 3 is 2.53 bits per heavy atom. The van der Waals surface area contributed by atoms with E-state index in [1.807, 2.05) is 6.92 Å². The Morgan fingerprint density at radius 1 is 1.35 bits per heavy atom. The summed E-state index contributed by atoms with van der Waals surface area (Å²) in [4.78, 5) is 14.4. The molecule has 0 bridgehead atoms. The van der Waals surface area contributed by atoms with Crippen LogP contribution in [0.4, 0.5) is 0 Å². The zero-order valence-corrected chi connectivity index (χ0v) is 11.6. The van der Waals surface area contributed by atoms with E-state index in [9.17, 15) is 4.79 Å². The molecule has 0 heterocycles. The number of amides is 1. The van der Waals surface area contributed by atoms with E-state index in [1.165, 1.54) is 19.3 Å². The van der Waals surface area contributed by atoms with E-state index in [2.05, 4.69) is 18.7 Å². The maximum absolute atomic E-state index is 12.4. The van der Waals surface area contributed by atoms with Gasteiger partial charge in [-0.25, -0.2) is 0 Å². The van der Waals surface area contributed by atoms with Gasteiger partial charge < -0.3 is 10.6 Å². The maximum atomic E-state index is 12.4. The van der Waals surface area contributed by atoms with Gasteiger partial charge in [0.1, 0.15) is 0 Å². The van der Waals surface area contributed by atoms with Gasteiger partial charge in [-0.15, -0.1) is 0 Å². The fourth-order valence-corrected chi connectivity index (χ4v) is 2.88. The second kappa shape index (κ2) is 7.00. The van der Waals surface area contributed by atoms with E-state index in [1.54, 1.807) is 0 Å². The van der Waals surface area contributed by atoms with Crippen LogP contribution in [0.25, 0.3) is 0 Å². The molecule has 0 aromatic heterocycles. The molecule has 100 valence electrons. The summed E-state index contributed by atoms with van der Waals surface area (Å²) in [6.45, 7) is 7.74. The second-order valence-electron chi connectivity index (χ2n) is 5.28. The van der Waals surface area contributed by atoms with Crippen molar-refractivity contribution >= 4 is 5.91 Å². The Labute approximate surface area is 106 Å². The van der Waals surface area contributed by atoms with Crippen LogP contribution in [0, 0.1) is 11.8 Å². The Kier molecular flexibility index (Phi) is 5.96. The average molecular weight is 240 g/mol. The third kappa shape index (κ3) is 3.44. The summed E-state index contributed by atoms with van der Waals surface area (Å²) in [6.07, 6.45) is 5.76. The lowest BCUT2D eigenvalue weighted by Gasteiger charge is -2.40. The Bertz CT molecular complexity index is 242. The number of nitrogens with zero attached hydrogens (tertiary/aromatic N) is 1. The first-order valence-corrected chi connectivity index (χ1v) is 7.16. The average Bonchev–Trinajstić information content (AvgIpc) is 2.39. The molecule has 1 fully saturated rings. The molecular weight excluding hydrogens is 212 g/mol. The largest absolute Gasteiger partial charge is 0.339 e. The Morgan fingerprint density at radius 2 is 2.00 bits per heavy atom. The summed E-state index contributed by atoms with van der Waals surface area (Å²) in [5, 5.41) is 0. The number of carbonyl (C=O) groups excluding carboxylic acids is 1. The Hall–Kier alpha value is -0.570. The van der Waals surface area contributed by atoms with E-state index in [0.29, 0.717) is 17.9 Å². The quantitative estimate of drug-likeness (QED) is 0.802. The molecule has 0 saturated heterocycles. The molecule has 0 radical (unpaired) electrons. The number of carbonyl (C=O) groups is 1. The number of hydrogen-bond acceptors (Lipinski definition) is 2. The molecule has 0 spiro atoms. The van der Waals surface area contributed by atoms with Gasteiger partial charge in [-0.3, -0.25) is 4.79 Å². The number of nitrogens with two attached hydrogens (primary N) is 1. The van der Waals surface area contributed by atoms with Gasteiger partial charge in [0.05, 0.1) is 0 Å². The van der Waals surface area contributed by atoms with Crippen molar-refractivity contribution < 1.29 is 4.79 Å². The molecular formula is C14H28N2O. The number of rotatable bonds is 5. The lowest BCUT2D eigenvalue weighted by atomic mass is 9.83. The molecule has 3 nitrogen and oxygen atoms in total. The zero-order chi connectivity index (χ0) is 12.8. The van der Waals surface area contributed by atoms with E-state index in [4.69, 9.17) is 5.73 Å². The highest BCUT2D eigenvalue weighted by molar-refractivity contribution is 5.78.